The number of carbonyl (C=O) groups excluding carboxylic acids is 2. The first-order valence-electron chi connectivity index (χ1n) is 12.8. The van der Waals surface area contributed by atoms with Gasteiger partial charge in [-0.15, -0.1) is 0 Å². The van der Waals surface area contributed by atoms with Crippen LogP contribution in [0.1, 0.15) is 76.7 Å². The molecule has 7 heteroatoms. The monoisotopic (exact) mass is 456 g/mol. The lowest BCUT2D eigenvalue weighted by Gasteiger charge is -2.45. The van der Waals surface area contributed by atoms with E-state index in [9.17, 15) is 9.59 Å². The summed E-state index contributed by atoms with van der Waals surface area (Å²) in [6.07, 6.45) is 8.23. The van der Waals surface area contributed by atoms with E-state index >= 15 is 0 Å². The van der Waals surface area contributed by atoms with Crippen molar-refractivity contribution in [2.75, 3.05) is 26.2 Å². The van der Waals surface area contributed by atoms with Crippen LogP contribution in [0.15, 0.2) is 22.8 Å². The van der Waals surface area contributed by atoms with Gasteiger partial charge in [0.2, 0.25) is 5.91 Å². The van der Waals surface area contributed by atoms with Crippen LogP contribution in [-0.2, 0) is 11.3 Å². The number of carbonyl (C=O) groups is 2. The summed E-state index contributed by atoms with van der Waals surface area (Å²) in [5.74, 6) is 0.596. The van der Waals surface area contributed by atoms with Crippen molar-refractivity contribution in [2.24, 2.45) is 5.92 Å². The fourth-order valence-electron chi connectivity index (χ4n) is 5.42. The van der Waals surface area contributed by atoms with Crippen LogP contribution in [0.2, 0.25) is 0 Å². The van der Waals surface area contributed by atoms with E-state index in [0.29, 0.717) is 24.4 Å². The fourth-order valence-corrected chi connectivity index (χ4v) is 5.42. The molecule has 4 rings (SSSR count). The van der Waals surface area contributed by atoms with Crippen LogP contribution in [0.3, 0.4) is 0 Å². The lowest BCUT2D eigenvalue weighted by atomic mass is 9.86. The number of likely N-dealkylation sites (N-methyl/N-ethyl adjacent to an activating group) is 1. The molecule has 2 aliphatic rings. The molecule has 1 fully saturated rings. The first-order chi connectivity index (χ1) is 15.9. The van der Waals surface area contributed by atoms with Gasteiger partial charge in [0.15, 0.2) is 5.58 Å². The Kier molecular flexibility index (Phi) is 7.17. The van der Waals surface area contributed by atoms with Crippen LogP contribution >= 0.6 is 0 Å². The average Bonchev–Trinajstić information content (AvgIpc) is 3.39. The average molecular weight is 457 g/mol. The summed E-state index contributed by atoms with van der Waals surface area (Å²) in [7, 11) is 0. The van der Waals surface area contributed by atoms with Gasteiger partial charge in [0.25, 0.3) is 5.91 Å². The maximum Gasteiger partial charge on any atom is 0.271 e. The van der Waals surface area contributed by atoms with E-state index < -0.39 is 5.54 Å². The quantitative estimate of drug-likeness (QED) is 0.612. The van der Waals surface area contributed by atoms with Crippen LogP contribution in [0.5, 0.6) is 0 Å². The molecule has 1 saturated carbocycles. The number of nitrogens with zero attached hydrogens (tertiary/aromatic N) is 3. The number of amides is 2. The Morgan fingerprint density at radius 2 is 2.00 bits per heavy atom. The zero-order valence-corrected chi connectivity index (χ0v) is 20.7. The molecule has 1 aliphatic carbocycles. The number of aromatic nitrogens is 1. The van der Waals surface area contributed by atoms with E-state index in [1.165, 1.54) is 0 Å². The van der Waals surface area contributed by atoms with E-state index in [2.05, 4.69) is 31.0 Å². The smallest absolute Gasteiger partial charge is 0.271 e. The number of unbranched alkanes of at least 4 members (excludes halogenated alkanes) is 1. The molecule has 2 aromatic heterocycles. The van der Waals surface area contributed by atoms with Crippen molar-refractivity contribution in [1.82, 2.24) is 19.7 Å². The van der Waals surface area contributed by atoms with Gasteiger partial charge in [-0.05, 0) is 58.0 Å². The molecule has 1 N–H and O–H groups in total. The Morgan fingerprint density at radius 3 is 2.70 bits per heavy atom. The molecule has 1 aliphatic heterocycles. The van der Waals surface area contributed by atoms with Crippen molar-refractivity contribution in [1.29, 1.82) is 0 Å². The molecule has 7 nitrogen and oxygen atoms in total. The van der Waals surface area contributed by atoms with E-state index in [4.69, 9.17) is 4.42 Å². The van der Waals surface area contributed by atoms with Crippen molar-refractivity contribution >= 4 is 22.9 Å². The Labute approximate surface area is 197 Å². The number of fused-ring (bicyclic) bond motifs is 3. The highest BCUT2D eigenvalue weighted by molar-refractivity contribution is 6.02. The van der Waals surface area contributed by atoms with E-state index in [-0.39, 0.29) is 17.9 Å². The van der Waals surface area contributed by atoms with Crippen LogP contribution < -0.4 is 5.32 Å². The first kappa shape index (κ1) is 23.9. The fraction of sp³-hybridized carbons (Fsp3) is 0.692. The number of hydrogen-bond acceptors (Lipinski definition) is 4. The molecule has 182 valence electrons. The first-order valence-corrected chi connectivity index (χ1v) is 12.8. The second kappa shape index (κ2) is 9.92. The van der Waals surface area contributed by atoms with Crippen LogP contribution in [0.25, 0.3) is 11.1 Å². The van der Waals surface area contributed by atoms with Crippen molar-refractivity contribution < 1.29 is 14.0 Å². The topological polar surface area (TPSA) is 70.7 Å². The highest BCUT2D eigenvalue weighted by Gasteiger charge is 2.48. The Balaban J connectivity index is 1.59. The molecule has 0 spiro atoms. The molecule has 3 heterocycles. The Morgan fingerprint density at radius 1 is 1.24 bits per heavy atom. The third kappa shape index (κ3) is 4.70. The summed E-state index contributed by atoms with van der Waals surface area (Å²) < 4.78 is 7.54. The molecule has 0 bridgehead atoms. The summed E-state index contributed by atoms with van der Waals surface area (Å²) in [6.45, 7) is 12.3. The lowest BCUT2D eigenvalue weighted by Crippen LogP contribution is -2.65. The minimum absolute atomic E-state index is 0.0389. The van der Waals surface area contributed by atoms with E-state index in [1.807, 2.05) is 28.5 Å². The van der Waals surface area contributed by atoms with Crippen LogP contribution in [0, 0.1) is 5.92 Å². The summed E-state index contributed by atoms with van der Waals surface area (Å²) in [4.78, 5) is 31.7. The number of rotatable bonds is 9. The second-order valence-corrected chi connectivity index (χ2v) is 10.2. The van der Waals surface area contributed by atoms with Gasteiger partial charge in [-0.3, -0.25) is 9.59 Å². The van der Waals surface area contributed by atoms with Crippen LogP contribution in [-0.4, -0.2) is 63.9 Å². The largest absolute Gasteiger partial charge is 0.463 e. The van der Waals surface area contributed by atoms with E-state index in [0.717, 1.165) is 69.6 Å². The second-order valence-electron chi connectivity index (χ2n) is 10.2. The molecular formula is C26H40N4O3. The zero-order chi connectivity index (χ0) is 23.6. The zero-order valence-electron chi connectivity index (χ0n) is 20.7. The van der Waals surface area contributed by atoms with Crippen molar-refractivity contribution in [3.8, 4) is 0 Å². The van der Waals surface area contributed by atoms with Crippen molar-refractivity contribution in [2.45, 2.75) is 84.3 Å². The lowest BCUT2D eigenvalue weighted by molar-refractivity contribution is -0.134. The molecule has 0 unspecified atom stereocenters. The highest BCUT2D eigenvalue weighted by Crippen LogP contribution is 2.33. The van der Waals surface area contributed by atoms with Crippen molar-refractivity contribution in [3.63, 3.8) is 0 Å². The molecule has 0 radical (unpaired) electrons. The molecule has 0 saturated heterocycles. The van der Waals surface area contributed by atoms with Gasteiger partial charge >= 0.3 is 0 Å². The Bertz CT molecular complexity index is 971. The summed E-state index contributed by atoms with van der Waals surface area (Å²) in [5.41, 5.74) is 1.24. The standard InChI is InChI=1S/C26H40N4O3/c1-5-7-13-28(6-2)14-15-30-24(31)22-17-23-21(12-16-33-23)29(22)18-26(30,4)25(32)27-20-10-8-19(3)9-11-20/h12,16-17,19-20H,5-11,13-15,18H2,1-4H3,(H,27,32)/t19?,20?,26-/m0/s1. The summed E-state index contributed by atoms with van der Waals surface area (Å²) >= 11 is 0. The molecule has 0 aromatic carbocycles. The van der Waals surface area contributed by atoms with Gasteiger partial charge in [-0.2, -0.15) is 0 Å². The van der Waals surface area contributed by atoms with Gasteiger partial charge < -0.3 is 24.1 Å². The molecule has 33 heavy (non-hydrogen) atoms. The number of furan rings is 1. The molecule has 2 aromatic rings. The number of hydrogen-bond donors (Lipinski definition) is 1. The molecule has 2 amide bonds. The predicted molar refractivity (Wildman–Crippen MR) is 130 cm³/mol. The minimum Gasteiger partial charge on any atom is -0.463 e. The van der Waals surface area contributed by atoms with Gasteiger partial charge in [0, 0.05) is 31.3 Å². The Hall–Kier alpha value is -2.28. The summed E-state index contributed by atoms with van der Waals surface area (Å²) in [6, 6.07) is 3.89. The minimum atomic E-state index is -0.944. The normalized spacial score (nSPS) is 25.6. The third-order valence-electron chi connectivity index (χ3n) is 7.80. The van der Waals surface area contributed by atoms with Crippen LogP contribution in [0.4, 0.5) is 0 Å². The SMILES string of the molecule is CCCCN(CC)CCN1C(=O)c2cc3occc3n2C[C@@]1(C)C(=O)NC1CCC(C)CC1. The van der Waals surface area contributed by atoms with Gasteiger partial charge in [0.05, 0.1) is 18.3 Å². The predicted octanol–water partition coefficient (Wildman–Crippen LogP) is 4.27. The van der Waals surface area contributed by atoms with Gasteiger partial charge in [0.1, 0.15) is 11.2 Å². The third-order valence-corrected chi connectivity index (χ3v) is 7.80. The number of nitrogens with one attached hydrogen (secondary N) is 1. The molecule has 1 atom stereocenters. The molecular weight excluding hydrogens is 416 g/mol. The van der Waals surface area contributed by atoms with Gasteiger partial charge in [-0.1, -0.05) is 27.2 Å². The maximum absolute atomic E-state index is 13.8. The van der Waals surface area contributed by atoms with Crippen molar-refractivity contribution in [3.05, 3.63) is 24.1 Å². The maximum atomic E-state index is 13.8. The summed E-state index contributed by atoms with van der Waals surface area (Å²) in [5, 5.41) is 3.32. The van der Waals surface area contributed by atoms with Gasteiger partial charge in [-0.25, -0.2) is 0 Å². The van der Waals surface area contributed by atoms with E-state index in [1.54, 1.807) is 6.26 Å². The highest BCUT2D eigenvalue weighted by atomic mass is 16.3.